The third-order valence-corrected chi connectivity index (χ3v) is 5.97. The minimum Gasteiger partial charge on any atom is -0.410 e. The van der Waals surface area contributed by atoms with E-state index in [9.17, 15) is 66.3 Å². The third kappa shape index (κ3) is 6.03. The van der Waals surface area contributed by atoms with E-state index in [2.05, 4.69) is 14.9 Å². The number of hydrogen-bond acceptors (Lipinski definition) is 4. The maximum atomic E-state index is 14.6. The largest absolute Gasteiger partial charge is 0.446 e. The molecule has 238 valence electrons. The van der Waals surface area contributed by atoms with Gasteiger partial charge in [-0.1, -0.05) is 17.7 Å². The molecule has 22 heteroatoms. The summed E-state index contributed by atoms with van der Waals surface area (Å²) >= 11 is 5.82. The van der Waals surface area contributed by atoms with E-state index in [4.69, 9.17) is 17.3 Å². The quantitative estimate of drug-likeness (QED) is 0.277. The number of nitrogens with zero attached hydrogens (tertiary/aromatic N) is 4. The van der Waals surface area contributed by atoms with Crippen LogP contribution in [0.4, 0.5) is 61.5 Å². The summed E-state index contributed by atoms with van der Waals surface area (Å²) in [6.07, 6.45) is -36.6. The average Bonchev–Trinajstić information content (AvgIpc) is 3.44. The van der Waals surface area contributed by atoms with Gasteiger partial charge in [0, 0.05) is 18.8 Å². The molecule has 0 spiro atoms. The molecule has 7 nitrogen and oxygen atoms in total. The molecule has 3 atom stereocenters. The molecule has 0 aliphatic rings. The molecule has 0 radical (unpaired) electrons. The molecular formula is C21H12ClF14N5O2. The van der Waals surface area contributed by atoms with Crippen LogP contribution in [-0.4, -0.2) is 61.9 Å². The Bertz CT molecular complexity index is 1510. The van der Waals surface area contributed by atoms with Crippen LogP contribution in [0.5, 0.6) is 5.88 Å². The third-order valence-electron chi connectivity index (χ3n) is 5.64. The Morgan fingerprint density at radius 2 is 1.53 bits per heavy atom. The average molecular weight is 668 g/mol. The van der Waals surface area contributed by atoms with Crippen molar-refractivity contribution in [3.63, 3.8) is 0 Å². The summed E-state index contributed by atoms with van der Waals surface area (Å²) in [4.78, 5) is 11.5. The first-order valence-electron chi connectivity index (χ1n) is 10.8. The van der Waals surface area contributed by atoms with E-state index < -0.39 is 65.8 Å². The van der Waals surface area contributed by atoms with Gasteiger partial charge in [-0.2, -0.15) is 53.4 Å². The van der Waals surface area contributed by atoms with Crippen molar-refractivity contribution < 1.29 is 71.0 Å². The van der Waals surface area contributed by atoms with Gasteiger partial charge < -0.3 is 10.5 Å². The van der Waals surface area contributed by atoms with Gasteiger partial charge in [0.25, 0.3) is 5.88 Å². The molecule has 3 aromatic rings. The van der Waals surface area contributed by atoms with E-state index in [-0.39, 0.29) is 31.1 Å². The number of aryl methyl sites for hydroxylation is 1. The molecule has 2 heterocycles. The van der Waals surface area contributed by atoms with E-state index >= 15 is 0 Å². The van der Waals surface area contributed by atoms with Crippen molar-refractivity contribution in [1.29, 1.82) is 0 Å². The number of alkyl halides is 14. The molecule has 0 bridgehead atoms. The second kappa shape index (κ2) is 10.7. The maximum Gasteiger partial charge on any atom is 0.446 e. The van der Waals surface area contributed by atoms with Gasteiger partial charge >= 0.3 is 30.3 Å². The van der Waals surface area contributed by atoms with Crippen LogP contribution in [0.15, 0.2) is 30.6 Å². The number of halogens is 15. The van der Waals surface area contributed by atoms with Crippen molar-refractivity contribution in [3.05, 3.63) is 46.7 Å². The van der Waals surface area contributed by atoms with E-state index in [0.717, 1.165) is 24.5 Å². The lowest BCUT2D eigenvalue weighted by atomic mass is 9.93. The van der Waals surface area contributed by atoms with Gasteiger partial charge in [0.05, 0.1) is 16.8 Å². The lowest BCUT2D eigenvalue weighted by Gasteiger charge is -2.37. The van der Waals surface area contributed by atoms with Gasteiger partial charge in [-0.15, -0.1) is 5.10 Å². The summed E-state index contributed by atoms with van der Waals surface area (Å²) in [5.74, 6) is -4.98. The molecule has 3 rings (SSSR count). The molecule has 0 aliphatic heterocycles. The van der Waals surface area contributed by atoms with Gasteiger partial charge in [0.15, 0.2) is 17.6 Å². The molecule has 0 fully saturated rings. The summed E-state index contributed by atoms with van der Waals surface area (Å²) in [6.45, 7) is 0. The molecule has 1 aromatic carbocycles. The minimum atomic E-state index is -7.37. The molecule has 0 saturated heterocycles. The number of benzene rings is 1. The Morgan fingerprint density at radius 1 is 0.953 bits per heavy atom. The number of carbonyl (C=O) groups is 1. The van der Waals surface area contributed by atoms with Crippen LogP contribution in [-0.2, 0) is 13.2 Å². The van der Waals surface area contributed by atoms with Crippen LogP contribution < -0.4 is 10.5 Å². The van der Waals surface area contributed by atoms with Crippen LogP contribution >= 0.6 is 11.6 Å². The lowest BCUT2D eigenvalue weighted by Crippen LogP contribution is -2.67. The molecule has 43 heavy (non-hydrogen) atoms. The Labute approximate surface area is 233 Å². The van der Waals surface area contributed by atoms with E-state index in [0.29, 0.717) is 7.05 Å². The zero-order chi connectivity index (χ0) is 33.1. The van der Waals surface area contributed by atoms with E-state index in [1.54, 1.807) is 0 Å². The van der Waals surface area contributed by atoms with Crippen LogP contribution in [0.25, 0.3) is 16.9 Å². The molecule has 3 unspecified atom stereocenters. The molecular weight excluding hydrogens is 656 g/mol. The zero-order valence-corrected chi connectivity index (χ0v) is 21.1. The predicted molar refractivity (Wildman–Crippen MR) is 116 cm³/mol. The monoisotopic (exact) mass is 667 g/mol. The van der Waals surface area contributed by atoms with Gasteiger partial charge in [-0.3, -0.25) is 4.79 Å². The first-order valence-corrected chi connectivity index (χ1v) is 11.2. The topological polar surface area (TPSA) is 88.0 Å². The van der Waals surface area contributed by atoms with Gasteiger partial charge in [-0.25, -0.2) is 22.5 Å². The maximum absolute atomic E-state index is 14.6. The van der Waals surface area contributed by atoms with Gasteiger partial charge in [0.2, 0.25) is 12.1 Å². The second-order valence-corrected chi connectivity index (χ2v) is 8.94. The number of aromatic nitrogens is 4. The summed E-state index contributed by atoms with van der Waals surface area (Å²) < 4.78 is 194. The SMILES string of the molecule is Cn1nc(OC(F)(F)C(F)(C(F)C(F)C(F)(F)F)C(F)(F)F)c(C(F)(F)F)c1-n1cc(-c2ccc(Cl)c(C(N)=O)c2)cn1. The predicted octanol–water partition coefficient (Wildman–Crippen LogP) is 6.52. The Hall–Kier alpha value is -3.78. The van der Waals surface area contributed by atoms with Crippen molar-refractivity contribution in [2.45, 2.75) is 42.6 Å². The smallest absolute Gasteiger partial charge is 0.410 e. The van der Waals surface area contributed by atoms with Crippen molar-refractivity contribution >= 4 is 17.5 Å². The molecule has 0 aliphatic carbocycles. The van der Waals surface area contributed by atoms with E-state index in [1.807, 2.05) is 0 Å². The molecule has 2 aromatic heterocycles. The number of rotatable bonds is 8. The lowest BCUT2D eigenvalue weighted by molar-refractivity contribution is -0.384. The minimum absolute atomic E-state index is 0.0375. The number of nitrogens with two attached hydrogens (primary N) is 1. The number of amides is 1. The number of carbonyl (C=O) groups excluding carboxylic acids is 1. The zero-order valence-electron chi connectivity index (χ0n) is 20.4. The molecule has 1 amide bonds. The van der Waals surface area contributed by atoms with Crippen LogP contribution in [0.3, 0.4) is 0 Å². The van der Waals surface area contributed by atoms with Crippen molar-refractivity contribution in [3.8, 4) is 22.8 Å². The fraction of sp³-hybridized carbons (Fsp3) is 0.381. The van der Waals surface area contributed by atoms with Gasteiger partial charge in [0.1, 0.15) is 0 Å². The highest BCUT2D eigenvalue weighted by atomic mass is 35.5. The summed E-state index contributed by atoms with van der Waals surface area (Å²) in [7, 11) is 0.579. The number of ether oxygens (including phenoxy) is 1. The van der Waals surface area contributed by atoms with Crippen molar-refractivity contribution in [2.75, 3.05) is 0 Å². The Kier molecular flexibility index (Phi) is 8.42. The highest BCUT2D eigenvalue weighted by Crippen LogP contribution is 2.53. The van der Waals surface area contributed by atoms with Crippen molar-refractivity contribution in [1.82, 2.24) is 19.6 Å². The summed E-state index contributed by atoms with van der Waals surface area (Å²) in [5.41, 5.74) is -4.79. The van der Waals surface area contributed by atoms with Crippen LogP contribution in [0.2, 0.25) is 5.02 Å². The second-order valence-electron chi connectivity index (χ2n) is 8.53. The standard InChI is InChI=1S/C21H12ClF14N5O2/c1-40-16(41-6-8(5-38-41)7-2-3-10(22)9(4-7)14(37)42)11(18(26,27)28)15(39-40)43-21(35,36)17(25,20(32,33)34)12(23)13(24)19(29,30)31/h2-6,12-13H,1H3,(H2,37,42). The first-order chi connectivity index (χ1) is 19.3. The number of hydrogen-bond donors (Lipinski definition) is 1. The summed E-state index contributed by atoms with van der Waals surface area (Å²) in [6, 6.07) is 3.49. The first kappa shape index (κ1) is 33.7. The molecule has 2 N–H and O–H groups in total. The van der Waals surface area contributed by atoms with Crippen molar-refractivity contribution in [2.24, 2.45) is 12.8 Å². The number of primary amides is 1. The summed E-state index contributed by atoms with van der Waals surface area (Å²) in [5, 5.41) is 6.23. The van der Waals surface area contributed by atoms with Crippen LogP contribution in [0, 0.1) is 0 Å². The normalized spacial score (nSPS) is 16.1. The highest BCUT2D eigenvalue weighted by Gasteiger charge is 2.81. The Balaban J connectivity index is 2.16. The molecule has 0 saturated carbocycles. The fourth-order valence-corrected chi connectivity index (χ4v) is 3.81. The van der Waals surface area contributed by atoms with Gasteiger partial charge in [-0.05, 0) is 17.7 Å². The Morgan fingerprint density at radius 3 is 2.02 bits per heavy atom. The highest BCUT2D eigenvalue weighted by molar-refractivity contribution is 6.33. The van der Waals surface area contributed by atoms with Crippen LogP contribution in [0.1, 0.15) is 15.9 Å². The fourth-order valence-electron chi connectivity index (χ4n) is 3.60. The van der Waals surface area contributed by atoms with E-state index in [1.165, 1.54) is 6.07 Å².